The SMILES string of the molecule is O=C([O-])[C@H]1O[C@@H]([N+]23CCC(CC2)[C@@H](OC(=O)N2CCc4ccccc4[C@@H]2c2ccccc2)C3)[C@H](O)[C@@H](O)[C@@H]1O. The number of carboxylic acids is 1. The molecule has 2 bridgehead atoms. The summed E-state index contributed by atoms with van der Waals surface area (Å²) >= 11 is 0. The number of benzene rings is 2. The summed E-state index contributed by atoms with van der Waals surface area (Å²) in [5.41, 5.74) is 3.27. The maximum atomic E-state index is 13.8. The molecule has 39 heavy (non-hydrogen) atoms. The van der Waals surface area contributed by atoms with Gasteiger partial charge in [-0.3, -0.25) is 9.38 Å². The first-order valence-corrected chi connectivity index (χ1v) is 13.7. The van der Waals surface area contributed by atoms with Gasteiger partial charge in [-0.25, -0.2) is 4.79 Å². The lowest BCUT2D eigenvalue weighted by atomic mass is 9.81. The van der Waals surface area contributed by atoms with Crippen LogP contribution in [0.2, 0.25) is 0 Å². The molecule has 5 heterocycles. The summed E-state index contributed by atoms with van der Waals surface area (Å²) in [7, 11) is 0. The second kappa shape index (κ2) is 10.2. The largest absolute Gasteiger partial charge is 0.547 e. The molecule has 10 nitrogen and oxygen atoms in total. The van der Waals surface area contributed by atoms with E-state index < -0.39 is 48.8 Å². The van der Waals surface area contributed by atoms with Gasteiger partial charge in [-0.2, -0.15) is 0 Å². The quantitative estimate of drug-likeness (QED) is 0.460. The molecule has 0 radical (unpaired) electrons. The minimum absolute atomic E-state index is 0.134. The molecule has 5 aliphatic heterocycles. The Balaban J connectivity index is 1.24. The monoisotopic (exact) mass is 538 g/mol. The topological polar surface area (TPSA) is 140 Å². The van der Waals surface area contributed by atoms with E-state index in [2.05, 4.69) is 12.1 Å². The molecule has 2 aromatic rings. The smallest absolute Gasteiger partial charge is 0.411 e. The molecule has 1 amide bonds. The zero-order valence-electron chi connectivity index (χ0n) is 21.5. The van der Waals surface area contributed by atoms with Crippen LogP contribution in [0.5, 0.6) is 0 Å². The lowest BCUT2D eigenvalue weighted by Gasteiger charge is -2.58. The van der Waals surface area contributed by atoms with E-state index in [4.69, 9.17) is 9.47 Å². The Morgan fingerprint density at radius 1 is 0.949 bits per heavy atom. The third-order valence-corrected chi connectivity index (χ3v) is 9.21. The van der Waals surface area contributed by atoms with Crippen molar-refractivity contribution >= 4 is 12.1 Å². The van der Waals surface area contributed by atoms with Crippen molar-refractivity contribution in [2.75, 3.05) is 26.2 Å². The van der Waals surface area contributed by atoms with Crippen molar-refractivity contribution in [2.45, 2.75) is 62.1 Å². The van der Waals surface area contributed by atoms with Gasteiger partial charge >= 0.3 is 6.09 Å². The van der Waals surface area contributed by atoms with E-state index in [0.717, 1.165) is 17.5 Å². The summed E-state index contributed by atoms with van der Waals surface area (Å²) < 4.78 is 12.0. The first-order valence-electron chi connectivity index (χ1n) is 13.7. The van der Waals surface area contributed by atoms with Crippen molar-refractivity contribution in [1.29, 1.82) is 0 Å². The lowest BCUT2D eigenvalue weighted by molar-refractivity contribution is -0.993. The van der Waals surface area contributed by atoms with Crippen molar-refractivity contribution in [1.82, 2.24) is 4.90 Å². The van der Waals surface area contributed by atoms with E-state index in [0.29, 0.717) is 39.0 Å². The Bertz CT molecular complexity index is 1220. The minimum Gasteiger partial charge on any atom is -0.547 e. The molecule has 5 aliphatic rings. The number of aliphatic carboxylic acids is 1. The molecule has 4 saturated heterocycles. The molecular formula is C29H34N2O8. The number of nitrogens with zero attached hydrogens (tertiary/aromatic N) is 2. The molecule has 208 valence electrons. The second-order valence-corrected chi connectivity index (χ2v) is 11.3. The van der Waals surface area contributed by atoms with Gasteiger partial charge in [0.25, 0.3) is 0 Å². The van der Waals surface area contributed by atoms with E-state index in [1.807, 2.05) is 42.5 Å². The summed E-state index contributed by atoms with van der Waals surface area (Å²) in [5.74, 6) is -1.52. The molecule has 4 fully saturated rings. The number of carboxylic acid groups (broad SMARTS) is 1. The van der Waals surface area contributed by atoms with Crippen molar-refractivity contribution < 1.29 is 44.0 Å². The molecule has 0 aromatic heterocycles. The Morgan fingerprint density at radius 3 is 2.36 bits per heavy atom. The van der Waals surface area contributed by atoms with Crippen LogP contribution >= 0.6 is 0 Å². The van der Waals surface area contributed by atoms with Gasteiger partial charge in [-0.15, -0.1) is 0 Å². The molecular weight excluding hydrogens is 504 g/mol. The first kappa shape index (κ1) is 26.2. The Hall–Kier alpha value is -3.02. The van der Waals surface area contributed by atoms with Crippen LogP contribution in [0.4, 0.5) is 4.79 Å². The van der Waals surface area contributed by atoms with Crippen LogP contribution in [0.15, 0.2) is 54.6 Å². The van der Waals surface area contributed by atoms with Gasteiger partial charge in [0.15, 0.2) is 12.2 Å². The van der Waals surface area contributed by atoms with Crippen LogP contribution < -0.4 is 5.11 Å². The lowest BCUT2D eigenvalue weighted by Crippen LogP contribution is -2.76. The maximum absolute atomic E-state index is 13.8. The van der Waals surface area contributed by atoms with Gasteiger partial charge in [0.1, 0.15) is 24.9 Å². The number of fused-ring (bicyclic) bond motifs is 4. The molecule has 0 unspecified atom stereocenters. The number of quaternary nitrogens is 1. The fourth-order valence-corrected chi connectivity index (χ4v) is 7.12. The number of hydrogen-bond donors (Lipinski definition) is 3. The minimum atomic E-state index is -1.80. The van der Waals surface area contributed by atoms with Crippen LogP contribution in [0.25, 0.3) is 0 Å². The average Bonchev–Trinajstić information content (AvgIpc) is 2.96. The molecule has 0 aliphatic carbocycles. The Kier molecular flexibility index (Phi) is 6.84. The Morgan fingerprint density at radius 2 is 1.64 bits per heavy atom. The highest BCUT2D eigenvalue weighted by Gasteiger charge is 2.59. The van der Waals surface area contributed by atoms with Crippen molar-refractivity contribution in [3.8, 4) is 0 Å². The van der Waals surface area contributed by atoms with E-state index in [1.165, 1.54) is 5.56 Å². The number of rotatable bonds is 4. The summed E-state index contributed by atoms with van der Waals surface area (Å²) in [6.45, 7) is 1.98. The molecule has 3 N–H and O–H groups in total. The fraction of sp³-hybridized carbons (Fsp3) is 0.517. The van der Waals surface area contributed by atoms with E-state index >= 15 is 0 Å². The number of aliphatic hydroxyl groups excluding tert-OH is 3. The predicted octanol–water partition coefficient (Wildman–Crippen LogP) is -0.0628. The van der Waals surface area contributed by atoms with E-state index in [-0.39, 0.29) is 16.4 Å². The Labute approximate surface area is 226 Å². The van der Waals surface area contributed by atoms with E-state index in [9.17, 15) is 30.0 Å². The summed E-state index contributed by atoms with van der Waals surface area (Å²) in [6, 6.07) is 17.7. The number of ether oxygens (including phenoxy) is 2. The number of hydrogen-bond acceptors (Lipinski definition) is 8. The number of amides is 1. The molecule has 7 rings (SSSR count). The van der Waals surface area contributed by atoms with Crippen LogP contribution in [0, 0.1) is 5.92 Å². The highest BCUT2D eigenvalue weighted by atomic mass is 16.6. The van der Waals surface area contributed by atoms with Crippen LogP contribution in [0.3, 0.4) is 0 Å². The number of carbonyl (C=O) groups excluding carboxylic acids is 2. The van der Waals surface area contributed by atoms with Gasteiger partial charge in [0.05, 0.1) is 25.1 Å². The molecule has 0 saturated carbocycles. The standard InChI is InChI=1S/C29H34N2O8/c32-23-24(33)26(28(35)36)39-27(25(23)34)31-14-11-18(12-15-31)21(16-31)38-29(37)30-13-10-17-6-4-5-9-20(17)22(30)19-7-2-1-3-8-19/h1-9,18,21-27,32-34H,10-16H2/t18?,21-,22-,23-,24-,25+,26-,27+,31?/m0/s1. The van der Waals surface area contributed by atoms with Gasteiger partial charge in [0.2, 0.25) is 6.23 Å². The zero-order valence-corrected chi connectivity index (χ0v) is 21.5. The molecule has 7 atom stereocenters. The fourth-order valence-electron chi connectivity index (χ4n) is 7.12. The number of piperidine rings is 3. The van der Waals surface area contributed by atoms with Crippen molar-refractivity contribution in [3.05, 3.63) is 71.3 Å². The van der Waals surface area contributed by atoms with Crippen LogP contribution in [-0.2, 0) is 20.7 Å². The summed E-state index contributed by atoms with van der Waals surface area (Å²) in [4.78, 5) is 27.1. The summed E-state index contributed by atoms with van der Waals surface area (Å²) in [5, 5.41) is 43.0. The summed E-state index contributed by atoms with van der Waals surface area (Å²) in [6.07, 6.45) is -6.61. The average molecular weight is 539 g/mol. The van der Waals surface area contributed by atoms with Crippen molar-refractivity contribution in [3.63, 3.8) is 0 Å². The second-order valence-electron chi connectivity index (χ2n) is 11.3. The van der Waals surface area contributed by atoms with Gasteiger partial charge in [0, 0.05) is 25.3 Å². The van der Waals surface area contributed by atoms with Gasteiger partial charge in [-0.1, -0.05) is 54.6 Å². The van der Waals surface area contributed by atoms with Crippen LogP contribution in [-0.4, -0.2) is 99.7 Å². The number of aliphatic hydroxyl groups is 3. The van der Waals surface area contributed by atoms with Gasteiger partial charge in [-0.05, 0) is 23.1 Å². The highest BCUT2D eigenvalue weighted by Crippen LogP contribution is 2.42. The normalized spacial score (nSPS) is 37.7. The van der Waals surface area contributed by atoms with E-state index in [1.54, 1.807) is 4.90 Å². The third-order valence-electron chi connectivity index (χ3n) is 9.21. The molecule has 10 heteroatoms. The van der Waals surface area contributed by atoms with Gasteiger partial charge < -0.3 is 34.7 Å². The third kappa shape index (κ3) is 4.50. The molecule has 2 aromatic carbocycles. The van der Waals surface area contributed by atoms with Crippen molar-refractivity contribution in [2.24, 2.45) is 5.92 Å². The molecule has 0 spiro atoms. The van der Waals surface area contributed by atoms with Crippen LogP contribution in [0.1, 0.15) is 35.6 Å². The number of carbonyl (C=O) groups is 2. The maximum Gasteiger partial charge on any atom is 0.411 e. The predicted molar refractivity (Wildman–Crippen MR) is 135 cm³/mol. The zero-order chi connectivity index (χ0) is 27.3. The first-order chi connectivity index (χ1) is 18.8. The highest BCUT2D eigenvalue weighted by molar-refractivity contribution is 5.71.